The second kappa shape index (κ2) is 9.13. The Balaban J connectivity index is 1.29. The standard InChI is InChI=1S/C21H29N3O4/c25-14-19(26)21-17-3-1-2-4-18(17)22-15-24(21)10-7-16-5-8-23(9-6-16)13-20-27-11-12-28-20/h1-4,14,16,20-22H,5-13,15H2. The van der Waals surface area contributed by atoms with Crippen LogP contribution in [0, 0.1) is 5.92 Å². The highest BCUT2D eigenvalue weighted by atomic mass is 16.7. The van der Waals surface area contributed by atoms with E-state index >= 15 is 0 Å². The van der Waals surface area contributed by atoms with Gasteiger partial charge in [0.25, 0.3) is 0 Å². The maximum Gasteiger partial charge on any atom is 0.216 e. The van der Waals surface area contributed by atoms with Crippen molar-refractivity contribution in [2.45, 2.75) is 31.6 Å². The molecule has 4 rings (SSSR count). The molecule has 1 aromatic rings. The van der Waals surface area contributed by atoms with Crippen molar-refractivity contribution in [2.24, 2.45) is 5.92 Å². The number of likely N-dealkylation sites (tertiary alicyclic amines) is 1. The summed E-state index contributed by atoms with van der Waals surface area (Å²) in [5.74, 6) is 0.283. The third-order valence-electron chi connectivity index (χ3n) is 6.11. The highest BCUT2D eigenvalue weighted by molar-refractivity contribution is 6.27. The first kappa shape index (κ1) is 19.5. The summed E-state index contributed by atoms with van der Waals surface area (Å²) in [6, 6.07) is 7.30. The second-order valence-corrected chi connectivity index (χ2v) is 7.86. The molecule has 3 aliphatic heterocycles. The van der Waals surface area contributed by atoms with E-state index in [1.807, 2.05) is 24.3 Å². The molecule has 0 radical (unpaired) electrons. The van der Waals surface area contributed by atoms with E-state index in [2.05, 4.69) is 15.1 Å². The van der Waals surface area contributed by atoms with Crippen LogP contribution >= 0.6 is 0 Å². The van der Waals surface area contributed by atoms with Crippen LogP contribution in [0.4, 0.5) is 5.69 Å². The van der Waals surface area contributed by atoms with E-state index in [0.29, 0.717) is 32.1 Å². The van der Waals surface area contributed by atoms with Crippen LogP contribution in [0.25, 0.3) is 0 Å². The summed E-state index contributed by atoms with van der Waals surface area (Å²) in [6.07, 6.45) is 3.74. The molecule has 0 aromatic heterocycles. The van der Waals surface area contributed by atoms with Crippen LogP contribution in [0.3, 0.4) is 0 Å². The number of rotatable bonds is 7. The highest BCUT2D eigenvalue weighted by Gasteiger charge is 2.33. The molecular formula is C21H29N3O4. The Labute approximate surface area is 166 Å². The van der Waals surface area contributed by atoms with E-state index < -0.39 is 6.04 Å². The van der Waals surface area contributed by atoms with Gasteiger partial charge in [-0.15, -0.1) is 0 Å². The number of carbonyl (C=O) groups is 2. The van der Waals surface area contributed by atoms with Crippen molar-refractivity contribution >= 4 is 17.8 Å². The van der Waals surface area contributed by atoms with Crippen molar-refractivity contribution in [3.05, 3.63) is 29.8 Å². The number of benzene rings is 1. The highest BCUT2D eigenvalue weighted by Crippen LogP contribution is 2.33. The van der Waals surface area contributed by atoms with E-state index in [4.69, 9.17) is 9.47 Å². The molecule has 0 aliphatic carbocycles. The Morgan fingerprint density at radius 1 is 1.18 bits per heavy atom. The van der Waals surface area contributed by atoms with E-state index in [1.165, 1.54) is 0 Å². The first-order valence-electron chi connectivity index (χ1n) is 10.3. The molecule has 0 amide bonds. The minimum absolute atomic E-state index is 0.0637. The van der Waals surface area contributed by atoms with E-state index in [9.17, 15) is 9.59 Å². The fraction of sp³-hybridized carbons (Fsp3) is 0.619. The molecule has 0 bridgehead atoms. The molecule has 1 N–H and O–H groups in total. The van der Waals surface area contributed by atoms with Gasteiger partial charge >= 0.3 is 0 Å². The Bertz CT molecular complexity index is 684. The van der Waals surface area contributed by atoms with Crippen molar-refractivity contribution in [1.29, 1.82) is 0 Å². The van der Waals surface area contributed by atoms with Gasteiger partial charge in [0.2, 0.25) is 5.78 Å². The molecule has 1 unspecified atom stereocenters. The number of nitrogens with one attached hydrogen (secondary N) is 1. The Kier molecular flexibility index (Phi) is 6.36. The quantitative estimate of drug-likeness (QED) is 0.563. The van der Waals surface area contributed by atoms with Crippen LogP contribution in [0.1, 0.15) is 30.9 Å². The van der Waals surface area contributed by atoms with Crippen molar-refractivity contribution in [3.8, 4) is 0 Å². The fourth-order valence-corrected chi connectivity index (χ4v) is 4.51. The number of hydrogen-bond donors (Lipinski definition) is 1. The van der Waals surface area contributed by atoms with Crippen molar-refractivity contribution in [2.75, 3.05) is 51.4 Å². The normalized spacial score (nSPS) is 24.6. The fourth-order valence-electron chi connectivity index (χ4n) is 4.51. The summed E-state index contributed by atoms with van der Waals surface area (Å²) in [5, 5.41) is 3.38. The number of aldehydes is 1. The van der Waals surface area contributed by atoms with Crippen LogP contribution in [0.2, 0.25) is 0 Å². The van der Waals surface area contributed by atoms with Crippen molar-refractivity contribution in [3.63, 3.8) is 0 Å². The van der Waals surface area contributed by atoms with Gasteiger partial charge in [-0.2, -0.15) is 0 Å². The Hall–Kier alpha value is -1.80. The zero-order valence-electron chi connectivity index (χ0n) is 16.2. The maximum atomic E-state index is 12.3. The maximum absolute atomic E-state index is 12.3. The largest absolute Gasteiger partial charge is 0.372 e. The summed E-state index contributed by atoms with van der Waals surface area (Å²) >= 11 is 0. The van der Waals surface area contributed by atoms with Crippen LogP contribution < -0.4 is 5.32 Å². The van der Waals surface area contributed by atoms with Gasteiger partial charge in [0.05, 0.1) is 19.9 Å². The van der Waals surface area contributed by atoms with Gasteiger partial charge in [0.1, 0.15) is 6.04 Å². The monoisotopic (exact) mass is 387 g/mol. The van der Waals surface area contributed by atoms with Crippen LogP contribution in [-0.2, 0) is 19.1 Å². The number of anilines is 1. The van der Waals surface area contributed by atoms with Gasteiger partial charge in [-0.3, -0.25) is 19.4 Å². The molecule has 3 heterocycles. The molecule has 3 aliphatic rings. The molecule has 0 spiro atoms. The number of para-hydroxylation sites is 1. The van der Waals surface area contributed by atoms with Crippen molar-refractivity contribution in [1.82, 2.24) is 9.80 Å². The predicted octanol–water partition coefficient (Wildman–Crippen LogP) is 1.66. The summed E-state index contributed by atoms with van der Waals surface area (Å²) in [6.45, 7) is 5.79. The van der Waals surface area contributed by atoms with Crippen molar-refractivity contribution < 1.29 is 19.1 Å². The Morgan fingerprint density at radius 2 is 1.93 bits per heavy atom. The first-order valence-corrected chi connectivity index (χ1v) is 10.3. The molecule has 7 nitrogen and oxygen atoms in total. The molecule has 7 heteroatoms. The topological polar surface area (TPSA) is 71.1 Å². The summed E-state index contributed by atoms with van der Waals surface area (Å²) in [4.78, 5) is 28.1. The molecular weight excluding hydrogens is 358 g/mol. The number of piperidine rings is 1. The molecule has 28 heavy (non-hydrogen) atoms. The smallest absolute Gasteiger partial charge is 0.216 e. The summed E-state index contributed by atoms with van der Waals surface area (Å²) in [7, 11) is 0. The number of ketones is 1. The number of carbonyl (C=O) groups excluding carboxylic acids is 2. The predicted molar refractivity (Wildman–Crippen MR) is 105 cm³/mol. The average molecular weight is 387 g/mol. The van der Waals surface area contributed by atoms with E-state index in [1.54, 1.807) is 0 Å². The van der Waals surface area contributed by atoms with Gasteiger partial charge in [-0.1, -0.05) is 18.2 Å². The number of Topliss-reactive ketones (excluding diaryl/α,β-unsaturated/α-hetero) is 1. The second-order valence-electron chi connectivity index (χ2n) is 7.86. The summed E-state index contributed by atoms with van der Waals surface area (Å²) < 4.78 is 11.1. The lowest BCUT2D eigenvalue weighted by Gasteiger charge is -2.38. The third kappa shape index (κ3) is 4.43. The minimum atomic E-state index is -0.466. The number of nitrogens with zero attached hydrogens (tertiary/aromatic N) is 2. The van der Waals surface area contributed by atoms with Crippen LogP contribution in [0.5, 0.6) is 0 Å². The van der Waals surface area contributed by atoms with Gasteiger partial charge in [-0.05, 0) is 44.3 Å². The number of fused-ring (bicyclic) bond motifs is 1. The Morgan fingerprint density at radius 3 is 2.68 bits per heavy atom. The van der Waals surface area contributed by atoms with Crippen LogP contribution in [-0.4, -0.2) is 74.2 Å². The van der Waals surface area contributed by atoms with Gasteiger partial charge in [-0.25, -0.2) is 0 Å². The molecule has 1 aromatic carbocycles. The van der Waals surface area contributed by atoms with Gasteiger partial charge in [0, 0.05) is 24.3 Å². The zero-order valence-corrected chi connectivity index (χ0v) is 16.2. The molecule has 2 saturated heterocycles. The minimum Gasteiger partial charge on any atom is -0.372 e. The van der Waals surface area contributed by atoms with E-state index in [-0.39, 0.29) is 12.1 Å². The number of hydrogen-bond acceptors (Lipinski definition) is 7. The molecule has 152 valence electrons. The third-order valence-corrected chi connectivity index (χ3v) is 6.11. The first-order chi connectivity index (χ1) is 13.7. The SMILES string of the molecule is O=CC(=O)C1c2ccccc2NCN1CCC1CCN(CC2OCCO2)CC1. The van der Waals surface area contributed by atoms with E-state index in [0.717, 1.165) is 56.7 Å². The average Bonchev–Trinajstić information content (AvgIpc) is 3.25. The number of ether oxygens (including phenoxy) is 2. The van der Waals surface area contributed by atoms with Crippen LogP contribution in [0.15, 0.2) is 24.3 Å². The van der Waals surface area contributed by atoms with Gasteiger partial charge < -0.3 is 14.8 Å². The lowest BCUT2D eigenvalue weighted by molar-refractivity contribution is -0.133. The molecule has 0 saturated carbocycles. The molecule has 1 atom stereocenters. The lowest BCUT2D eigenvalue weighted by Crippen LogP contribution is -2.44. The molecule has 2 fully saturated rings. The van der Waals surface area contributed by atoms with Gasteiger partial charge in [0.15, 0.2) is 12.6 Å². The summed E-state index contributed by atoms with van der Waals surface area (Å²) in [5.41, 5.74) is 1.85. The zero-order chi connectivity index (χ0) is 19.3. The lowest BCUT2D eigenvalue weighted by atomic mass is 9.92.